The van der Waals surface area contributed by atoms with Crippen molar-refractivity contribution in [3.63, 3.8) is 0 Å². The zero-order valence-corrected chi connectivity index (χ0v) is 12.9. The van der Waals surface area contributed by atoms with Crippen LogP contribution in [-0.4, -0.2) is 18.2 Å². The normalized spacial score (nSPS) is 29.5. The van der Waals surface area contributed by atoms with E-state index < -0.39 is 0 Å². The molecule has 1 N–H and O–H groups in total. The molecule has 0 aromatic carbocycles. The fourth-order valence-corrected chi connectivity index (χ4v) is 3.68. The van der Waals surface area contributed by atoms with Gasteiger partial charge in [0.05, 0.1) is 5.60 Å². The highest BCUT2D eigenvalue weighted by Gasteiger charge is 2.31. The van der Waals surface area contributed by atoms with Gasteiger partial charge in [0.2, 0.25) is 0 Å². The minimum Gasteiger partial charge on any atom is -0.375 e. The van der Waals surface area contributed by atoms with Crippen LogP contribution in [0.1, 0.15) is 38.0 Å². The van der Waals surface area contributed by atoms with Crippen LogP contribution >= 0.6 is 27.3 Å². The van der Waals surface area contributed by atoms with E-state index in [0.29, 0.717) is 6.04 Å². The van der Waals surface area contributed by atoms with Gasteiger partial charge in [-0.2, -0.15) is 0 Å². The third-order valence-electron chi connectivity index (χ3n) is 3.59. The molecule has 0 amide bonds. The van der Waals surface area contributed by atoms with Gasteiger partial charge in [-0.25, -0.2) is 0 Å². The van der Waals surface area contributed by atoms with Crippen molar-refractivity contribution in [2.45, 2.75) is 51.3 Å². The minimum atomic E-state index is 0.0720. The van der Waals surface area contributed by atoms with Crippen molar-refractivity contribution in [2.24, 2.45) is 0 Å². The van der Waals surface area contributed by atoms with Crippen LogP contribution in [0.2, 0.25) is 0 Å². The number of hydrogen-bond donors (Lipinski definition) is 1. The van der Waals surface area contributed by atoms with Crippen molar-refractivity contribution in [3.05, 3.63) is 20.8 Å². The Hall–Kier alpha value is 0.1000. The summed E-state index contributed by atoms with van der Waals surface area (Å²) in [7, 11) is 0. The first kappa shape index (κ1) is 13.5. The van der Waals surface area contributed by atoms with Gasteiger partial charge >= 0.3 is 0 Å². The summed E-state index contributed by atoms with van der Waals surface area (Å²) in [5, 5.41) is 5.78. The van der Waals surface area contributed by atoms with Crippen LogP contribution in [0, 0.1) is 0 Å². The molecule has 0 spiro atoms. The molecule has 1 saturated heterocycles. The Morgan fingerprint density at radius 1 is 1.65 bits per heavy atom. The second-order valence-electron chi connectivity index (χ2n) is 4.91. The Labute approximate surface area is 116 Å². The molecule has 1 aliphatic heterocycles. The van der Waals surface area contributed by atoms with Crippen molar-refractivity contribution in [1.82, 2.24) is 5.32 Å². The highest BCUT2D eigenvalue weighted by atomic mass is 79.9. The molecule has 2 rings (SSSR count). The molecule has 1 aliphatic rings. The summed E-state index contributed by atoms with van der Waals surface area (Å²) in [5.74, 6) is 0. The Morgan fingerprint density at radius 2 is 2.47 bits per heavy atom. The maximum atomic E-state index is 5.86. The average Bonchev–Trinajstić information content (AvgIpc) is 2.73. The van der Waals surface area contributed by atoms with Gasteiger partial charge < -0.3 is 10.1 Å². The van der Waals surface area contributed by atoms with Crippen LogP contribution in [0.15, 0.2) is 15.9 Å². The van der Waals surface area contributed by atoms with Crippen LogP contribution in [0.3, 0.4) is 0 Å². The Bertz CT molecular complexity index is 368. The average molecular weight is 318 g/mol. The van der Waals surface area contributed by atoms with Crippen LogP contribution < -0.4 is 5.32 Å². The molecule has 0 aliphatic carbocycles. The van der Waals surface area contributed by atoms with Gasteiger partial charge in [0.1, 0.15) is 0 Å². The lowest BCUT2D eigenvalue weighted by Crippen LogP contribution is -2.44. The Morgan fingerprint density at radius 3 is 3.12 bits per heavy atom. The van der Waals surface area contributed by atoms with Gasteiger partial charge in [-0.05, 0) is 53.6 Å². The number of hydrogen-bond acceptors (Lipinski definition) is 3. The summed E-state index contributed by atoms with van der Waals surface area (Å²) >= 11 is 5.38. The summed E-state index contributed by atoms with van der Waals surface area (Å²) < 4.78 is 7.08. The summed E-state index contributed by atoms with van der Waals surface area (Å²) in [5.41, 5.74) is 0.0720. The predicted molar refractivity (Wildman–Crippen MR) is 76.5 cm³/mol. The number of rotatable bonds is 4. The summed E-state index contributed by atoms with van der Waals surface area (Å²) in [6.45, 7) is 6.27. The van der Waals surface area contributed by atoms with Gasteiger partial charge in [-0.15, -0.1) is 11.3 Å². The Kier molecular flexibility index (Phi) is 4.64. The molecule has 2 heterocycles. The van der Waals surface area contributed by atoms with E-state index in [4.69, 9.17) is 4.74 Å². The number of nitrogens with one attached hydrogen (secondary N) is 1. The van der Waals surface area contributed by atoms with Gasteiger partial charge in [0.25, 0.3) is 0 Å². The SMILES string of the molecule is CCC1(C)CC(NCc2sccc2Br)CCO1. The number of thiophene rings is 1. The van der Waals surface area contributed by atoms with E-state index >= 15 is 0 Å². The molecule has 0 saturated carbocycles. The molecule has 0 bridgehead atoms. The third-order valence-corrected chi connectivity index (χ3v) is 5.51. The lowest BCUT2D eigenvalue weighted by Gasteiger charge is -2.38. The molecule has 0 radical (unpaired) electrons. The molecular formula is C13H20BrNOS. The summed E-state index contributed by atoms with van der Waals surface area (Å²) in [6, 6.07) is 2.70. The quantitative estimate of drug-likeness (QED) is 0.908. The standard InChI is InChI=1S/C13H20BrNOS/c1-3-13(2)8-10(4-6-16-13)15-9-12-11(14)5-7-17-12/h5,7,10,15H,3-4,6,8-9H2,1-2H3. The molecule has 1 aromatic heterocycles. The smallest absolute Gasteiger partial charge is 0.0666 e. The van der Waals surface area contributed by atoms with Gasteiger partial charge in [-0.1, -0.05) is 6.92 Å². The van der Waals surface area contributed by atoms with Crippen molar-refractivity contribution in [2.75, 3.05) is 6.61 Å². The second kappa shape index (κ2) is 5.83. The van der Waals surface area contributed by atoms with E-state index in [2.05, 4.69) is 46.5 Å². The molecule has 96 valence electrons. The molecular weight excluding hydrogens is 298 g/mol. The highest BCUT2D eigenvalue weighted by molar-refractivity contribution is 9.10. The molecule has 2 nitrogen and oxygen atoms in total. The lowest BCUT2D eigenvalue weighted by atomic mass is 9.90. The van der Waals surface area contributed by atoms with Gasteiger partial charge in [-0.3, -0.25) is 0 Å². The minimum absolute atomic E-state index is 0.0720. The molecule has 1 aromatic rings. The first-order valence-electron chi connectivity index (χ1n) is 6.22. The van der Waals surface area contributed by atoms with E-state index in [-0.39, 0.29) is 5.60 Å². The zero-order chi connectivity index (χ0) is 12.3. The number of ether oxygens (including phenoxy) is 1. The van der Waals surface area contributed by atoms with Crippen LogP contribution in [-0.2, 0) is 11.3 Å². The zero-order valence-electron chi connectivity index (χ0n) is 10.5. The predicted octanol–water partition coefficient (Wildman–Crippen LogP) is 3.95. The van der Waals surface area contributed by atoms with E-state index in [1.165, 1.54) is 9.35 Å². The van der Waals surface area contributed by atoms with Crippen molar-refractivity contribution in [3.8, 4) is 0 Å². The van der Waals surface area contributed by atoms with Gasteiger partial charge in [0, 0.05) is 28.5 Å². The lowest BCUT2D eigenvalue weighted by molar-refractivity contribution is -0.0781. The molecule has 2 atom stereocenters. The topological polar surface area (TPSA) is 21.3 Å². The Balaban J connectivity index is 1.85. The largest absolute Gasteiger partial charge is 0.375 e. The maximum Gasteiger partial charge on any atom is 0.0666 e. The van der Waals surface area contributed by atoms with Crippen LogP contribution in [0.5, 0.6) is 0 Å². The van der Waals surface area contributed by atoms with Gasteiger partial charge in [0.15, 0.2) is 0 Å². The van der Waals surface area contributed by atoms with E-state index in [1.54, 1.807) is 11.3 Å². The third kappa shape index (κ3) is 3.53. The molecule has 4 heteroatoms. The highest BCUT2D eigenvalue weighted by Crippen LogP contribution is 2.28. The van der Waals surface area contributed by atoms with E-state index in [0.717, 1.165) is 32.4 Å². The van der Waals surface area contributed by atoms with Crippen LogP contribution in [0.4, 0.5) is 0 Å². The first-order valence-corrected chi connectivity index (χ1v) is 7.89. The molecule has 17 heavy (non-hydrogen) atoms. The number of halogens is 1. The first-order chi connectivity index (χ1) is 8.13. The monoisotopic (exact) mass is 317 g/mol. The second-order valence-corrected chi connectivity index (χ2v) is 6.77. The fourth-order valence-electron chi connectivity index (χ4n) is 2.24. The van der Waals surface area contributed by atoms with Crippen LogP contribution in [0.25, 0.3) is 0 Å². The van der Waals surface area contributed by atoms with Crippen molar-refractivity contribution in [1.29, 1.82) is 0 Å². The fraction of sp³-hybridized carbons (Fsp3) is 0.692. The molecule has 2 unspecified atom stereocenters. The van der Waals surface area contributed by atoms with Crippen molar-refractivity contribution < 1.29 is 4.74 Å². The maximum absolute atomic E-state index is 5.86. The molecule has 1 fully saturated rings. The van der Waals surface area contributed by atoms with E-state index in [9.17, 15) is 0 Å². The van der Waals surface area contributed by atoms with Crippen molar-refractivity contribution >= 4 is 27.3 Å². The van der Waals surface area contributed by atoms with E-state index in [1.807, 2.05) is 0 Å². The summed E-state index contributed by atoms with van der Waals surface area (Å²) in [6.07, 6.45) is 3.33. The summed E-state index contributed by atoms with van der Waals surface area (Å²) in [4.78, 5) is 1.38.